The van der Waals surface area contributed by atoms with Gasteiger partial charge in [-0.25, -0.2) is 13.2 Å². The van der Waals surface area contributed by atoms with Crippen molar-refractivity contribution in [2.45, 2.75) is 11.8 Å². The molecular formula is C17H15N3O4S2. The average molecular weight is 389 g/mol. The van der Waals surface area contributed by atoms with Gasteiger partial charge in [-0.15, -0.1) is 4.83 Å². The Morgan fingerprint density at radius 3 is 2.54 bits per heavy atom. The first kappa shape index (κ1) is 18.1. The minimum absolute atomic E-state index is 0.0406. The number of aryl methyl sites for hydroxylation is 1. The van der Waals surface area contributed by atoms with E-state index in [1.807, 2.05) is 6.92 Å². The summed E-state index contributed by atoms with van der Waals surface area (Å²) in [6.45, 7) is 1.82. The zero-order valence-corrected chi connectivity index (χ0v) is 15.3. The maximum Gasteiger partial charge on any atom is 0.336 e. The summed E-state index contributed by atoms with van der Waals surface area (Å²) in [6, 6.07) is 14.5. The highest BCUT2D eigenvalue weighted by molar-refractivity contribution is 7.89. The highest BCUT2D eigenvalue weighted by Gasteiger charge is 2.13. The number of sulfonamides is 1. The molecule has 1 aromatic heterocycles. The molecule has 0 unspecified atom stereocenters. The molecule has 2 aromatic carbocycles. The van der Waals surface area contributed by atoms with E-state index in [4.69, 9.17) is 16.6 Å². The van der Waals surface area contributed by atoms with Crippen LogP contribution >= 0.6 is 12.2 Å². The van der Waals surface area contributed by atoms with Gasteiger partial charge in [0.25, 0.3) is 10.0 Å². The molecule has 0 saturated carbocycles. The van der Waals surface area contributed by atoms with E-state index >= 15 is 0 Å². The van der Waals surface area contributed by atoms with Gasteiger partial charge in [0, 0.05) is 23.2 Å². The summed E-state index contributed by atoms with van der Waals surface area (Å²) < 4.78 is 29.4. The summed E-state index contributed by atoms with van der Waals surface area (Å²) in [5.41, 5.74) is 3.75. The normalized spacial score (nSPS) is 11.3. The molecule has 3 aromatic rings. The third kappa shape index (κ3) is 4.07. The van der Waals surface area contributed by atoms with E-state index in [1.165, 1.54) is 18.2 Å². The van der Waals surface area contributed by atoms with Crippen LogP contribution in [-0.4, -0.2) is 13.5 Å². The summed E-state index contributed by atoms with van der Waals surface area (Å²) in [6.07, 6.45) is 0. The monoisotopic (exact) mass is 389 g/mol. The zero-order valence-electron chi connectivity index (χ0n) is 13.6. The van der Waals surface area contributed by atoms with E-state index in [2.05, 4.69) is 15.6 Å². The minimum Gasteiger partial charge on any atom is -0.423 e. The Bertz CT molecular complexity index is 1130. The van der Waals surface area contributed by atoms with Crippen LogP contribution in [0.3, 0.4) is 0 Å². The number of nitrogens with one attached hydrogen (secondary N) is 3. The first-order valence-electron chi connectivity index (χ1n) is 7.53. The van der Waals surface area contributed by atoms with Crippen molar-refractivity contribution in [1.29, 1.82) is 0 Å². The van der Waals surface area contributed by atoms with Crippen LogP contribution < -0.4 is 21.2 Å². The SMILES string of the molecule is Cc1cc(=O)oc2cc(NC(=S)NNS(=O)(=O)c3ccccc3)ccc12. The average Bonchev–Trinajstić information content (AvgIpc) is 2.60. The Morgan fingerprint density at radius 2 is 1.81 bits per heavy atom. The largest absolute Gasteiger partial charge is 0.423 e. The van der Waals surface area contributed by atoms with Crippen LogP contribution in [0.4, 0.5) is 5.69 Å². The van der Waals surface area contributed by atoms with Crippen molar-refractivity contribution in [1.82, 2.24) is 10.3 Å². The Labute approximate surface area is 155 Å². The fourth-order valence-corrected chi connectivity index (χ4v) is 3.44. The Kier molecular flexibility index (Phi) is 5.03. The van der Waals surface area contributed by atoms with Gasteiger partial charge in [-0.3, -0.25) is 5.43 Å². The Morgan fingerprint density at radius 1 is 1.08 bits per heavy atom. The van der Waals surface area contributed by atoms with Crippen molar-refractivity contribution in [2.75, 3.05) is 5.32 Å². The van der Waals surface area contributed by atoms with Gasteiger partial charge in [-0.1, -0.05) is 18.2 Å². The van der Waals surface area contributed by atoms with Gasteiger partial charge in [-0.2, -0.15) is 0 Å². The third-order valence-corrected chi connectivity index (χ3v) is 5.03. The highest BCUT2D eigenvalue weighted by atomic mass is 32.2. The second-order valence-corrected chi connectivity index (χ2v) is 7.55. The molecule has 1 heterocycles. The zero-order chi connectivity index (χ0) is 18.7. The number of fused-ring (bicyclic) bond motifs is 1. The van der Waals surface area contributed by atoms with Crippen molar-refractivity contribution >= 4 is 44.0 Å². The third-order valence-electron chi connectivity index (χ3n) is 3.56. The minimum atomic E-state index is -3.74. The molecule has 26 heavy (non-hydrogen) atoms. The second-order valence-electron chi connectivity index (χ2n) is 5.46. The number of thiocarbonyl (C=S) groups is 1. The van der Waals surface area contributed by atoms with E-state index in [0.717, 1.165) is 10.9 Å². The number of rotatable bonds is 4. The topological polar surface area (TPSA) is 100 Å². The molecule has 0 aliphatic rings. The predicted octanol–water partition coefficient (Wildman–Crippen LogP) is 2.28. The van der Waals surface area contributed by atoms with E-state index in [0.29, 0.717) is 11.3 Å². The molecule has 0 saturated heterocycles. The lowest BCUT2D eigenvalue weighted by molar-refractivity contribution is 0.560. The van der Waals surface area contributed by atoms with Gasteiger partial charge in [0.15, 0.2) is 5.11 Å². The smallest absolute Gasteiger partial charge is 0.336 e. The number of anilines is 1. The number of hydrazine groups is 1. The van der Waals surface area contributed by atoms with Crippen molar-refractivity contribution in [2.24, 2.45) is 0 Å². The molecular weight excluding hydrogens is 374 g/mol. The van der Waals surface area contributed by atoms with E-state index in [9.17, 15) is 13.2 Å². The molecule has 0 aliphatic heterocycles. The lowest BCUT2D eigenvalue weighted by atomic mass is 10.1. The predicted molar refractivity (Wildman–Crippen MR) is 103 cm³/mol. The first-order valence-corrected chi connectivity index (χ1v) is 9.43. The standard InChI is InChI=1S/C17H15N3O4S2/c1-11-9-16(21)24-15-10-12(7-8-14(11)15)18-17(25)19-20-26(22,23)13-5-3-2-4-6-13/h2-10,20H,1H3,(H2,18,19,25). The maximum absolute atomic E-state index is 12.1. The summed E-state index contributed by atoms with van der Waals surface area (Å²) in [5.74, 6) is 0. The van der Waals surface area contributed by atoms with Gasteiger partial charge >= 0.3 is 5.63 Å². The Hall–Kier alpha value is -2.75. The summed E-state index contributed by atoms with van der Waals surface area (Å²) in [5, 5.41) is 3.67. The van der Waals surface area contributed by atoms with Gasteiger partial charge in [0.1, 0.15) is 5.58 Å². The van der Waals surface area contributed by atoms with Gasteiger partial charge in [0.2, 0.25) is 0 Å². The maximum atomic E-state index is 12.1. The van der Waals surface area contributed by atoms with Crippen LogP contribution in [0.25, 0.3) is 11.0 Å². The van der Waals surface area contributed by atoms with E-state index < -0.39 is 15.6 Å². The van der Waals surface area contributed by atoms with Crippen molar-refractivity contribution < 1.29 is 12.8 Å². The van der Waals surface area contributed by atoms with Gasteiger partial charge in [-0.05, 0) is 49.0 Å². The van der Waals surface area contributed by atoms with Crippen LogP contribution in [0.15, 0.2) is 68.7 Å². The summed E-state index contributed by atoms with van der Waals surface area (Å²) in [4.78, 5) is 13.8. The van der Waals surface area contributed by atoms with Crippen LogP contribution in [0.1, 0.15) is 5.56 Å². The first-order chi connectivity index (χ1) is 12.3. The van der Waals surface area contributed by atoms with Crippen molar-refractivity contribution in [3.05, 3.63) is 70.6 Å². The molecule has 0 atom stereocenters. The lowest BCUT2D eigenvalue weighted by Crippen LogP contribution is -2.43. The Balaban J connectivity index is 1.70. The van der Waals surface area contributed by atoms with E-state index in [1.54, 1.807) is 36.4 Å². The highest BCUT2D eigenvalue weighted by Crippen LogP contribution is 2.20. The van der Waals surface area contributed by atoms with Crippen LogP contribution in [0.5, 0.6) is 0 Å². The molecule has 0 spiro atoms. The molecule has 0 bridgehead atoms. The number of hydrogen-bond donors (Lipinski definition) is 3. The van der Waals surface area contributed by atoms with Crippen molar-refractivity contribution in [3.8, 4) is 0 Å². The fraction of sp³-hybridized carbons (Fsp3) is 0.0588. The number of hydrogen-bond acceptors (Lipinski definition) is 5. The fourth-order valence-electron chi connectivity index (χ4n) is 2.34. The molecule has 0 fully saturated rings. The van der Waals surface area contributed by atoms with Crippen molar-refractivity contribution in [3.63, 3.8) is 0 Å². The molecule has 0 aliphatic carbocycles. The quantitative estimate of drug-likeness (QED) is 0.358. The van der Waals surface area contributed by atoms with Crippen LogP contribution in [-0.2, 0) is 10.0 Å². The summed E-state index contributed by atoms with van der Waals surface area (Å²) in [7, 11) is -3.74. The summed E-state index contributed by atoms with van der Waals surface area (Å²) >= 11 is 5.09. The molecule has 0 amide bonds. The van der Waals surface area contributed by atoms with Crippen LogP contribution in [0.2, 0.25) is 0 Å². The van der Waals surface area contributed by atoms with Gasteiger partial charge in [0.05, 0.1) is 4.90 Å². The molecule has 9 heteroatoms. The van der Waals surface area contributed by atoms with E-state index in [-0.39, 0.29) is 10.0 Å². The van der Waals surface area contributed by atoms with Gasteiger partial charge < -0.3 is 9.73 Å². The molecule has 0 radical (unpaired) electrons. The number of benzene rings is 2. The molecule has 3 N–H and O–H groups in total. The lowest BCUT2D eigenvalue weighted by Gasteiger charge is -2.12. The molecule has 134 valence electrons. The molecule has 3 rings (SSSR count). The second kappa shape index (κ2) is 7.24. The molecule has 7 nitrogen and oxygen atoms in total. The van der Waals surface area contributed by atoms with Crippen LogP contribution in [0, 0.1) is 6.92 Å².